The van der Waals surface area contributed by atoms with Gasteiger partial charge in [0.1, 0.15) is 0 Å². The summed E-state index contributed by atoms with van der Waals surface area (Å²) in [5.74, 6) is 1.69. The largest absolute Gasteiger partial charge is 0.316 e. The Morgan fingerprint density at radius 2 is 2.07 bits per heavy atom. The number of hydrogen-bond acceptors (Lipinski definition) is 2. The number of hydrogen-bond donors (Lipinski definition) is 1. The first-order valence-corrected chi connectivity index (χ1v) is 6.56. The molecule has 1 aliphatic rings. The predicted molar refractivity (Wildman–Crippen MR) is 67.1 cm³/mol. The third-order valence-electron chi connectivity index (χ3n) is 3.43. The van der Waals surface area contributed by atoms with Crippen molar-refractivity contribution < 1.29 is 0 Å². The van der Waals surface area contributed by atoms with E-state index >= 15 is 0 Å². The van der Waals surface area contributed by atoms with Gasteiger partial charge in [-0.2, -0.15) is 0 Å². The lowest BCUT2D eigenvalue weighted by molar-refractivity contribution is 0.0749. The Balaban J connectivity index is 2.18. The van der Waals surface area contributed by atoms with Crippen LogP contribution >= 0.6 is 0 Å². The fraction of sp³-hybridized carbons (Fsp3) is 1.00. The van der Waals surface area contributed by atoms with Crippen molar-refractivity contribution in [3.05, 3.63) is 0 Å². The monoisotopic (exact) mass is 212 g/mol. The second-order valence-electron chi connectivity index (χ2n) is 5.44. The van der Waals surface area contributed by atoms with Gasteiger partial charge >= 0.3 is 0 Å². The molecule has 15 heavy (non-hydrogen) atoms. The molecule has 0 bridgehead atoms. The highest BCUT2D eigenvalue weighted by Gasteiger charge is 2.33. The summed E-state index contributed by atoms with van der Waals surface area (Å²) in [5, 5.41) is 3.55. The van der Waals surface area contributed by atoms with Gasteiger partial charge in [-0.15, -0.1) is 0 Å². The Hall–Kier alpha value is -0.0800. The zero-order valence-corrected chi connectivity index (χ0v) is 10.9. The van der Waals surface area contributed by atoms with E-state index in [4.69, 9.17) is 0 Å². The molecule has 0 heterocycles. The van der Waals surface area contributed by atoms with Crippen LogP contribution in [0, 0.1) is 11.8 Å². The van der Waals surface area contributed by atoms with Crippen LogP contribution in [0.4, 0.5) is 0 Å². The Kier molecular flexibility index (Phi) is 5.62. The van der Waals surface area contributed by atoms with Gasteiger partial charge in [0.05, 0.1) is 0 Å². The minimum atomic E-state index is 0.792. The minimum absolute atomic E-state index is 0.792. The third kappa shape index (κ3) is 4.12. The van der Waals surface area contributed by atoms with Gasteiger partial charge in [0.2, 0.25) is 0 Å². The summed E-state index contributed by atoms with van der Waals surface area (Å²) in [6, 6.07) is 0.844. The van der Waals surface area contributed by atoms with Gasteiger partial charge in [0.25, 0.3) is 0 Å². The summed E-state index contributed by atoms with van der Waals surface area (Å²) >= 11 is 0. The number of nitrogens with one attached hydrogen (secondary N) is 1. The fourth-order valence-electron chi connectivity index (χ4n) is 2.55. The van der Waals surface area contributed by atoms with Crippen molar-refractivity contribution in [1.82, 2.24) is 10.2 Å². The van der Waals surface area contributed by atoms with Crippen molar-refractivity contribution in [3.63, 3.8) is 0 Å². The highest BCUT2D eigenvalue weighted by atomic mass is 15.1. The summed E-state index contributed by atoms with van der Waals surface area (Å²) in [7, 11) is 2.29. The molecule has 0 radical (unpaired) electrons. The molecule has 0 amide bonds. The molecule has 0 spiro atoms. The molecule has 90 valence electrons. The Bertz CT molecular complexity index is 168. The van der Waals surface area contributed by atoms with Gasteiger partial charge < -0.3 is 10.2 Å². The average Bonchev–Trinajstić information content (AvgIpc) is 2.08. The highest BCUT2D eigenvalue weighted by molar-refractivity contribution is 4.89. The summed E-state index contributed by atoms with van der Waals surface area (Å²) in [6.07, 6.45) is 4.07. The smallest absolute Gasteiger partial charge is 0.0133 e. The minimum Gasteiger partial charge on any atom is -0.316 e. The van der Waals surface area contributed by atoms with Gasteiger partial charge in [-0.3, -0.25) is 0 Å². The summed E-state index contributed by atoms with van der Waals surface area (Å²) in [4.78, 5) is 2.56. The zero-order chi connectivity index (χ0) is 11.3. The van der Waals surface area contributed by atoms with Crippen LogP contribution in [0.25, 0.3) is 0 Å². The van der Waals surface area contributed by atoms with Crippen LogP contribution in [0.1, 0.15) is 40.0 Å². The van der Waals surface area contributed by atoms with Crippen molar-refractivity contribution in [2.75, 3.05) is 26.7 Å². The van der Waals surface area contributed by atoms with Crippen molar-refractivity contribution in [2.45, 2.75) is 46.1 Å². The van der Waals surface area contributed by atoms with Crippen molar-refractivity contribution >= 4 is 0 Å². The van der Waals surface area contributed by atoms with Gasteiger partial charge in [-0.25, -0.2) is 0 Å². The first-order valence-electron chi connectivity index (χ1n) is 6.56. The average molecular weight is 212 g/mol. The summed E-state index contributed by atoms with van der Waals surface area (Å²) in [5.41, 5.74) is 0. The van der Waals surface area contributed by atoms with Gasteiger partial charge in [0.15, 0.2) is 0 Å². The van der Waals surface area contributed by atoms with Gasteiger partial charge in [-0.05, 0) is 51.2 Å². The van der Waals surface area contributed by atoms with E-state index in [1.807, 2.05) is 0 Å². The van der Waals surface area contributed by atoms with Gasteiger partial charge in [-0.1, -0.05) is 20.8 Å². The third-order valence-corrected chi connectivity index (χ3v) is 3.43. The SMILES string of the molecule is CCCNCC1CCC1N(C)CC(C)C. The van der Waals surface area contributed by atoms with E-state index in [2.05, 4.69) is 38.0 Å². The van der Waals surface area contributed by atoms with E-state index in [9.17, 15) is 0 Å². The van der Waals surface area contributed by atoms with Crippen molar-refractivity contribution in [2.24, 2.45) is 11.8 Å². The molecule has 2 nitrogen and oxygen atoms in total. The van der Waals surface area contributed by atoms with E-state index in [0.717, 1.165) is 17.9 Å². The lowest BCUT2D eigenvalue weighted by Gasteiger charge is -2.43. The molecule has 2 heteroatoms. The Morgan fingerprint density at radius 3 is 2.53 bits per heavy atom. The lowest BCUT2D eigenvalue weighted by Crippen LogP contribution is -2.49. The van der Waals surface area contributed by atoms with Crippen LogP contribution in [-0.2, 0) is 0 Å². The predicted octanol–water partition coefficient (Wildman–Crippen LogP) is 2.35. The Labute approximate surface area is 95.4 Å². The van der Waals surface area contributed by atoms with E-state index in [0.29, 0.717) is 0 Å². The van der Waals surface area contributed by atoms with Gasteiger partial charge in [0, 0.05) is 12.6 Å². The van der Waals surface area contributed by atoms with Crippen LogP contribution < -0.4 is 5.32 Å². The maximum absolute atomic E-state index is 3.55. The second-order valence-corrected chi connectivity index (χ2v) is 5.44. The normalized spacial score (nSPS) is 26.0. The standard InChI is InChI=1S/C13H28N2/c1-5-8-14-9-12-6-7-13(12)15(4)10-11(2)3/h11-14H,5-10H2,1-4H3. The lowest BCUT2D eigenvalue weighted by atomic mass is 9.78. The van der Waals surface area contributed by atoms with Crippen LogP contribution in [0.15, 0.2) is 0 Å². The molecule has 2 unspecified atom stereocenters. The molecule has 0 aliphatic heterocycles. The molecule has 1 aliphatic carbocycles. The molecule has 0 saturated heterocycles. The van der Waals surface area contributed by atoms with E-state index in [1.54, 1.807) is 0 Å². The van der Waals surface area contributed by atoms with Crippen LogP contribution in [-0.4, -0.2) is 37.6 Å². The topological polar surface area (TPSA) is 15.3 Å². The van der Waals surface area contributed by atoms with E-state index in [1.165, 1.54) is 38.9 Å². The van der Waals surface area contributed by atoms with Crippen LogP contribution in [0.3, 0.4) is 0 Å². The highest BCUT2D eigenvalue weighted by Crippen LogP contribution is 2.31. The molecular formula is C13H28N2. The quantitative estimate of drug-likeness (QED) is 0.652. The zero-order valence-electron chi connectivity index (χ0n) is 10.9. The number of nitrogens with zero attached hydrogens (tertiary/aromatic N) is 1. The summed E-state index contributed by atoms with van der Waals surface area (Å²) < 4.78 is 0. The van der Waals surface area contributed by atoms with Crippen molar-refractivity contribution in [1.29, 1.82) is 0 Å². The number of rotatable bonds is 7. The maximum Gasteiger partial charge on any atom is 0.0133 e. The van der Waals surface area contributed by atoms with Crippen molar-refractivity contribution in [3.8, 4) is 0 Å². The summed E-state index contributed by atoms with van der Waals surface area (Å²) in [6.45, 7) is 10.5. The van der Waals surface area contributed by atoms with Crippen LogP contribution in [0.2, 0.25) is 0 Å². The molecule has 0 aromatic heterocycles. The first kappa shape index (κ1) is 13.0. The molecule has 2 atom stereocenters. The van der Waals surface area contributed by atoms with E-state index < -0.39 is 0 Å². The molecule has 1 rings (SSSR count). The maximum atomic E-state index is 3.55. The Morgan fingerprint density at radius 1 is 1.33 bits per heavy atom. The van der Waals surface area contributed by atoms with E-state index in [-0.39, 0.29) is 0 Å². The second kappa shape index (κ2) is 6.49. The van der Waals surface area contributed by atoms with Crippen LogP contribution in [0.5, 0.6) is 0 Å². The molecule has 0 aromatic carbocycles. The fourth-order valence-corrected chi connectivity index (χ4v) is 2.55. The molecule has 1 fully saturated rings. The molecular weight excluding hydrogens is 184 g/mol. The first-order chi connectivity index (χ1) is 7.15. The molecule has 1 N–H and O–H groups in total. The molecule has 1 saturated carbocycles. The molecule has 0 aromatic rings.